The van der Waals surface area contributed by atoms with Gasteiger partial charge in [0, 0.05) is 11.6 Å². The molecule has 0 aromatic carbocycles. The summed E-state index contributed by atoms with van der Waals surface area (Å²) in [6, 6.07) is 3.82. The zero-order valence-corrected chi connectivity index (χ0v) is 10.3. The van der Waals surface area contributed by atoms with E-state index in [1.165, 1.54) is 0 Å². The van der Waals surface area contributed by atoms with E-state index < -0.39 is 0 Å². The zero-order chi connectivity index (χ0) is 9.42. The average molecular weight is 323 g/mol. The molecule has 0 saturated carbocycles. The van der Waals surface area contributed by atoms with E-state index in [-0.39, 0.29) is 0 Å². The van der Waals surface area contributed by atoms with Crippen LogP contribution in [0.25, 0.3) is 11.3 Å². The van der Waals surface area contributed by atoms with Crippen molar-refractivity contribution in [1.29, 1.82) is 0 Å². The summed E-state index contributed by atoms with van der Waals surface area (Å²) in [6.45, 7) is 0. The second kappa shape index (κ2) is 3.43. The predicted octanol–water partition coefficient (Wildman–Crippen LogP) is 3.25. The summed E-state index contributed by atoms with van der Waals surface area (Å²) >= 11 is 8.49. The first-order valence-electron chi connectivity index (χ1n) is 3.43. The van der Waals surface area contributed by atoms with Gasteiger partial charge in [-0.2, -0.15) is 5.10 Å². The maximum absolute atomic E-state index is 5.51. The zero-order valence-electron chi connectivity index (χ0n) is 6.34. The first kappa shape index (κ1) is 9.23. The van der Waals surface area contributed by atoms with Crippen molar-refractivity contribution < 1.29 is 0 Å². The minimum absolute atomic E-state index is 0.504. The lowest BCUT2D eigenvalue weighted by Gasteiger charge is -1.90. The van der Waals surface area contributed by atoms with E-state index in [9.17, 15) is 0 Å². The van der Waals surface area contributed by atoms with Crippen molar-refractivity contribution in [3.63, 3.8) is 0 Å². The molecule has 2 rings (SSSR count). The fourth-order valence-corrected chi connectivity index (χ4v) is 3.84. The molecule has 0 saturated heterocycles. The molecule has 3 nitrogen and oxygen atoms in total. The van der Waals surface area contributed by atoms with E-state index >= 15 is 0 Å². The minimum atomic E-state index is 0.504. The summed E-state index contributed by atoms with van der Waals surface area (Å²) < 4.78 is 2.13. The lowest BCUT2D eigenvalue weighted by Crippen LogP contribution is -1.81. The first-order valence-corrected chi connectivity index (χ1v) is 5.83. The highest BCUT2D eigenvalue weighted by Crippen LogP contribution is 2.37. The number of halogens is 2. The van der Waals surface area contributed by atoms with Crippen molar-refractivity contribution in [3.05, 3.63) is 19.7 Å². The molecule has 2 aromatic rings. The van der Waals surface area contributed by atoms with Gasteiger partial charge in [0.25, 0.3) is 0 Å². The van der Waals surface area contributed by atoms with Crippen molar-refractivity contribution in [3.8, 4) is 11.3 Å². The number of rotatable bonds is 1. The second-order valence-corrected chi connectivity index (χ2v) is 6.19. The Hall–Kier alpha value is -0.330. The molecular weight excluding hydrogens is 318 g/mol. The molecule has 3 N–H and O–H groups in total. The summed E-state index contributed by atoms with van der Waals surface area (Å²) in [6.07, 6.45) is 0. The Kier molecular flexibility index (Phi) is 2.44. The molecule has 0 aliphatic rings. The number of thiophene rings is 1. The molecule has 0 radical (unpaired) electrons. The van der Waals surface area contributed by atoms with Gasteiger partial charge < -0.3 is 5.73 Å². The summed E-state index contributed by atoms with van der Waals surface area (Å²) in [7, 11) is 0. The van der Waals surface area contributed by atoms with E-state index in [0.717, 1.165) is 18.8 Å². The number of nitrogens with zero attached hydrogens (tertiary/aromatic N) is 1. The summed E-state index contributed by atoms with van der Waals surface area (Å²) in [5.41, 5.74) is 7.50. The largest absolute Gasteiger partial charge is 0.382 e. The van der Waals surface area contributed by atoms with Gasteiger partial charge in [0.2, 0.25) is 0 Å². The van der Waals surface area contributed by atoms with Crippen LogP contribution in [0.4, 0.5) is 5.82 Å². The van der Waals surface area contributed by atoms with E-state index in [1.54, 1.807) is 17.4 Å². The van der Waals surface area contributed by atoms with Crippen molar-refractivity contribution in [2.75, 3.05) is 5.73 Å². The quantitative estimate of drug-likeness (QED) is 0.846. The topological polar surface area (TPSA) is 54.7 Å². The fourth-order valence-electron chi connectivity index (χ4n) is 0.999. The van der Waals surface area contributed by atoms with E-state index in [2.05, 4.69) is 42.1 Å². The van der Waals surface area contributed by atoms with Crippen molar-refractivity contribution in [2.24, 2.45) is 0 Å². The smallest absolute Gasteiger partial charge is 0.145 e. The SMILES string of the molecule is Nc1cc(-c2cc(Br)sc2Br)[nH]n1. The van der Waals surface area contributed by atoms with Gasteiger partial charge in [-0.05, 0) is 37.9 Å². The van der Waals surface area contributed by atoms with E-state index in [0.29, 0.717) is 5.82 Å². The number of nitrogens with one attached hydrogen (secondary N) is 1. The number of H-pyrrole nitrogens is 1. The normalized spacial score (nSPS) is 10.6. The van der Waals surface area contributed by atoms with Gasteiger partial charge >= 0.3 is 0 Å². The highest BCUT2D eigenvalue weighted by molar-refractivity contribution is 9.12. The van der Waals surface area contributed by atoms with Crippen LogP contribution in [0.5, 0.6) is 0 Å². The second-order valence-electron chi connectivity index (χ2n) is 2.44. The monoisotopic (exact) mass is 321 g/mol. The van der Waals surface area contributed by atoms with Crippen LogP contribution in [-0.2, 0) is 0 Å². The third-order valence-electron chi connectivity index (χ3n) is 1.54. The van der Waals surface area contributed by atoms with Crippen LogP contribution >= 0.6 is 43.2 Å². The third-order valence-corrected chi connectivity index (χ3v) is 3.88. The standard InChI is InChI=1S/C7H5Br2N3S/c8-5-1-3(7(9)13-5)4-2-6(10)12-11-4/h1-2H,(H3,10,11,12). The van der Waals surface area contributed by atoms with Crippen LogP contribution in [0.3, 0.4) is 0 Å². The molecule has 0 fully saturated rings. The molecule has 0 aliphatic carbocycles. The Morgan fingerprint density at radius 3 is 2.62 bits per heavy atom. The van der Waals surface area contributed by atoms with Gasteiger partial charge in [0.05, 0.1) is 13.3 Å². The fraction of sp³-hybridized carbons (Fsp3) is 0. The average Bonchev–Trinajstić information content (AvgIpc) is 2.58. The number of anilines is 1. The Bertz CT molecular complexity index is 435. The van der Waals surface area contributed by atoms with Crippen LogP contribution in [0.15, 0.2) is 19.7 Å². The molecule has 13 heavy (non-hydrogen) atoms. The van der Waals surface area contributed by atoms with Crippen LogP contribution in [0, 0.1) is 0 Å². The van der Waals surface area contributed by atoms with Crippen LogP contribution < -0.4 is 5.73 Å². The van der Waals surface area contributed by atoms with E-state index in [1.807, 2.05) is 6.07 Å². The number of hydrogen-bond acceptors (Lipinski definition) is 3. The van der Waals surface area contributed by atoms with Gasteiger partial charge in [-0.25, -0.2) is 0 Å². The molecule has 2 heterocycles. The Labute approximate surface area is 95.6 Å². The summed E-state index contributed by atoms with van der Waals surface area (Å²) in [4.78, 5) is 0. The Morgan fingerprint density at radius 1 is 1.38 bits per heavy atom. The molecule has 0 atom stereocenters. The molecule has 0 amide bonds. The molecular formula is C7H5Br2N3S. The van der Waals surface area contributed by atoms with Crippen molar-refractivity contribution >= 4 is 49.0 Å². The van der Waals surface area contributed by atoms with Crippen LogP contribution in [-0.4, -0.2) is 10.2 Å². The first-order chi connectivity index (χ1) is 6.16. The molecule has 0 bridgehead atoms. The minimum Gasteiger partial charge on any atom is -0.382 e. The molecule has 68 valence electrons. The number of aromatic nitrogens is 2. The van der Waals surface area contributed by atoms with E-state index in [4.69, 9.17) is 5.73 Å². The van der Waals surface area contributed by atoms with Gasteiger partial charge in [-0.3, -0.25) is 5.10 Å². The van der Waals surface area contributed by atoms with Gasteiger partial charge in [-0.15, -0.1) is 11.3 Å². The highest BCUT2D eigenvalue weighted by Gasteiger charge is 2.09. The summed E-state index contributed by atoms with van der Waals surface area (Å²) in [5.74, 6) is 0.504. The maximum Gasteiger partial charge on any atom is 0.145 e. The number of nitrogens with two attached hydrogens (primary N) is 1. The molecule has 0 unspecified atom stereocenters. The molecule has 0 aliphatic heterocycles. The molecule has 2 aromatic heterocycles. The van der Waals surface area contributed by atoms with Crippen molar-refractivity contribution in [1.82, 2.24) is 10.2 Å². The number of hydrogen-bond donors (Lipinski definition) is 2. The van der Waals surface area contributed by atoms with Gasteiger partial charge in [-0.1, -0.05) is 0 Å². The lowest BCUT2D eigenvalue weighted by atomic mass is 10.2. The predicted molar refractivity (Wildman–Crippen MR) is 61.7 cm³/mol. The Balaban J connectivity index is 2.51. The molecule has 0 spiro atoms. The number of aromatic amines is 1. The van der Waals surface area contributed by atoms with Crippen LogP contribution in [0.1, 0.15) is 0 Å². The maximum atomic E-state index is 5.51. The highest BCUT2D eigenvalue weighted by atomic mass is 79.9. The molecule has 6 heteroatoms. The summed E-state index contributed by atoms with van der Waals surface area (Å²) in [5, 5.41) is 6.72. The van der Waals surface area contributed by atoms with Gasteiger partial charge in [0.1, 0.15) is 5.82 Å². The Morgan fingerprint density at radius 2 is 2.15 bits per heavy atom. The van der Waals surface area contributed by atoms with Crippen molar-refractivity contribution in [2.45, 2.75) is 0 Å². The third kappa shape index (κ3) is 1.79. The lowest BCUT2D eigenvalue weighted by molar-refractivity contribution is 1.10. The van der Waals surface area contributed by atoms with Crippen LogP contribution in [0.2, 0.25) is 0 Å². The number of nitrogen functional groups attached to an aromatic ring is 1. The van der Waals surface area contributed by atoms with Gasteiger partial charge in [0.15, 0.2) is 0 Å².